The van der Waals surface area contributed by atoms with E-state index in [-0.39, 0.29) is 17.7 Å². The van der Waals surface area contributed by atoms with E-state index < -0.39 is 0 Å². The Bertz CT molecular complexity index is 715. The second-order valence-electron chi connectivity index (χ2n) is 5.70. The number of nitrogens with one attached hydrogen (secondary N) is 2. The summed E-state index contributed by atoms with van der Waals surface area (Å²) < 4.78 is 17.7. The molecule has 0 aliphatic rings. The smallest absolute Gasteiger partial charge is 0.338 e. The number of carbonyl (C=O) groups is 2. The molecule has 5 nitrogen and oxygen atoms in total. The first-order valence-electron chi connectivity index (χ1n) is 8.60. The molecule has 6 heteroatoms. The first-order chi connectivity index (χ1) is 12.6. The van der Waals surface area contributed by atoms with Crippen LogP contribution in [0.1, 0.15) is 29.3 Å². The third-order valence-corrected chi connectivity index (χ3v) is 3.73. The fraction of sp³-hybridized carbons (Fsp3) is 0.300. The minimum atomic E-state index is -0.348. The van der Waals surface area contributed by atoms with Crippen LogP contribution < -0.4 is 10.6 Å². The van der Waals surface area contributed by atoms with Gasteiger partial charge in [-0.15, -0.1) is 0 Å². The number of rotatable bonds is 9. The lowest BCUT2D eigenvalue weighted by Crippen LogP contribution is -2.27. The number of halogens is 1. The summed E-state index contributed by atoms with van der Waals surface area (Å²) in [6, 6.07) is 13.2. The fourth-order valence-corrected chi connectivity index (χ4v) is 2.34. The van der Waals surface area contributed by atoms with Gasteiger partial charge < -0.3 is 15.4 Å². The first kappa shape index (κ1) is 19.4. The average Bonchev–Trinajstić information content (AvgIpc) is 2.64. The van der Waals surface area contributed by atoms with Crippen LogP contribution >= 0.6 is 0 Å². The molecular formula is C20H23FN2O3. The van der Waals surface area contributed by atoms with Crippen LogP contribution in [-0.2, 0) is 16.0 Å². The van der Waals surface area contributed by atoms with E-state index in [0.717, 1.165) is 11.3 Å². The Balaban J connectivity index is 1.64. The molecule has 0 saturated heterocycles. The molecule has 0 bridgehead atoms. The molecule has 1 amide bonds. The summed E-state index contributed by atoms with van der Waals surface area (Å²) in [4.78, 5) is 23.4. The monoisotopic (exact) mass is 358 g/mol. The van der Waals surface area contributed by atoms with Gasteiger partial charge in [0.25, 0.3) is 0 Å². The standard InChI is InChI=1S/C20H23FN2O3/c1-2-26-20(25)16-5-9-18(10-6-16)22-14-12-19(24)23-13-11-15-3-7-17(21)8-4-15/h3-10,22H,2,11-14H2,1H3,(H,23,24). The predicted molar refractivity (Wildman–Crippen MR) is 98.6 cm³/mol. The maximum atomic E-state index is 12.8. The Morgan fingerprint density at radius 1 is 1.00 bits per heavy atom. The Labute approximate surface area is 152 Å². The van der Waals surface area contributed by atoms with E-state index in [0.29, 0.717) is 38.1 Å². The highest BCUT2D eigenvalue weighted by atomic mass is 19.1. The molecule has 2 rings (SSSR count). The largest absolute Gasteiger partial charge is 0.462 e. The molecule has 2 aromatic carbocycles. The summed E-state index contributed by atoms with van der Waals surface area (Å²) in [6.45, 7) is 3.10. The van der Waals surface area contributed by atoms with E-state index in [4.69, 9.17) is 4.74 Å². The third-order valence-electron chi connectivity index (χ3n) is 3.73. The summed E-state index contributed by atoms with van der Waals surface area (Å²) in [5.74, 6) is -0.665. The summed E-state index contributed by atoms with van der Waals surface area (Å²) in [6.07, 6.45) is 0.998. The average molecular weight is 358 g/mol. The van der Waals surface area contributed by atoms with Gasteiger partial charge in [-0.2, -0.15) is 0 Å². The number of amides is 1. The van der Waals surface area contributed by atoms with Gasteiger partial charge in [0, 0.05) is 25.2 Å². The van der Waals surface area contributed by atoms with E-state index in [1.54, 1.807) is 43.3 Å². The number of ether oxygens (including phenoxy) is 1. The molecule has 0 fully saturated rings. The van der Waals surface area contributed by atoms with Crippen LogP contribution in [0, 0.1) is 5.82 Å². The van der Waals surface area contributed by atoms with E-state index >= 15 is 0 Å². The van der Waals surface area contributed by atoms with Crippen LogP contribution in [0.4, 0.5) is 10.1 Å². The molecule has 138 valence electrons. The van der Waals surface area contributed by atoms with Crippen LogP contribution in [0.5, 0.6) is 0 Å². The topological polar surface area (TPSA) is 67.4 Å². The van der Waals surface area contributed by atoms with Gasteiger partial charge in [-0.3, -0.25) is 4.79 Å². The van der Waals surface area contributed by atoms with E-state index in [2.05, 4.69) is 10.6 Å². The van der Waals surface area contributed by atoms with Crippen LogP contribution in [-0.4, -0.2) is 31.6 Å². The minimum absolute atomic E-state index is 0.0530. The molecule has 0 aliphatic carbocycles. The highest BCUT2D eigenvalue weighted by Crippen LogP contribution is 2.10. The highest BCUT2D eigenvalue weighted by molar-refractivity contribution is 5.89. The van der Waals surface area contributed by atoms with Crippen LogP contribution in [0.3, 0.4) is 0 Å². The molecule has 0 atom stereocenters. The van der Waals surface area contributed by atoms with E-state index in [1.165, 1.54) is 12.1 Å². The van der Waals surface area contributed by atoms with Gasteiger partial charge >= 0.3 is 5.97 Å². The normalized spacial score (nSPS) is 10.2. The Morgan fingerprint density at radius 3 is 2.35 bits per heavy atom. The molecule has 2 aromatic rings. The maximum Gasteiger partial charge on any atom is 0.338 e. The van der Waals surface area contributed by atoms with Crippen molar-refractivity contribution in [3.05, 3.63) is 65.5 Å². The molecule has 0 saturated carbocycles. The van der Waals surface area contributed by atoms with Gasteiger partial charge in [0.05, 0.1) is 12.2 Å². The number of hydrogen-bond acceptors (Lipinski definition) is 4. The molecule has 0 unspecified atom stereocenters. The van der Waals surface area contributed by atoms with Crippen molar-refractivity contribution in [1.29, 1.82) is 0 Å². The molecule has 0 heterocycles. The molecule has 0 aliphatic heterocycles. The molecule has 0 aromatic heterocycles. The summed E-state index contributed by atoms with van der Waals surface area (Å²) in [7, 11) is 0. The zero-order valence-electron chi connectivity index (χ0n) is 14.8. The van der Waals surface area contributed by atoms with Gasteiger partial charge in [0.2, 0.25) is 5.91 Å². The van der Waals surface area contributed by atoms with Crippen molar-refractivity contribution in [2.24, 2.45) is 0 Å². The number of benzene rings is 2. The fourth-order valence-electron chi connectivity index (χ4n) is 2.34. The van der Waals surface area contributed by atoms with Crippen LogP contribution in [0.15, 0.2) is 48.5 Å². The SMILES string of the molecule is CCOC(=O)c1ccc(NCCC(=O)NCCc2ccc(F)cc2)cc1. The second kappa shape index (κ2) is 10.2. The Morgan fingerprint density at radius 2 is 1.69 bits per heavy atom. The molecule has 2 N–H and O–H groups in total. The van der Waals surface area contributed by atoms with Gasteiger partial charge in [-0.1, -0.05) is 12.1 Å². The zero-order valence-corrected chi connectivity index (χ0v) is 14.8. The van der Waals surface area contributed by atoms with E-state index in [1.807, 2.05) is 0 Å². The zero-order chi connectivity index (χ0) is 18.8. The number of carbonyl (C=O) groups excluding carboxylic acids is 2. The Hall–Kier alpha value is -2.89. The lowest BCUT2D eigenvalue weighted by atomic mass is 10.1. The van der Waals surface area contributed by atoms with Gasteiger partial charge in [0.1, 0.15) is 5.82 Å². The van der Waals surface area contributed by atoms with Crippen LogP contribution in [0.2, 0.25) is 0 Å². The first-order valence-corrected chi connectivity index (χ1v) is 8.60. The van der Waals surface area contributed by atoms with E-state index in [9.17, 15) is 14.0 Å². The predicted octanol–water partition coefficient (Wildman–Crippen LogP) is 3.16. The van der Waals surface area contributed by atoms with Crippen molar-refractivity contribution in [3.63, 3.8) is 0 Å². The quantitative estimate of drug-likeness (QED) is 0.676. The van der Waals surface area contributed by atoms with Gasteiger partial charge in [-0.05, 0) is 55.3 Å². The maximum absolute atomic E-state index is 12.8. The summed E-state index contributed by atoms with van der Waals surface area (Å²) >= 11 is 0. The summed E-state index contributed by atoms with van der Waals surface area (Å²) in [5.41, 5.74) is 2.31. The number of hydrogen-bond donors (Lipinski definition) is 2. The minimum Gasteiger partial charge on any atom is -0.462 e. The van der Waals surface area contributed by atoms with Crippen molar-refractivity contribution in [1.82, 2.24) is 5.32 Å². The van der Waals surface area contributed by atoms with Gasteiger partial charge in [0.15, 0.2) is 0 Å². The molecule has 0 spiro atoms. The molecule has 26 heavy (non-hydrogen) atoms. The third kappa shape index (κ3) is 6.55. The lowest BCUT2D eigenvalue weighted by Gasteiger charge is -2.08. The van der Waals surface area contributed by atoms with Crippen molar-refractivity contribution < 1.29 is 18.7 Å². The van der Waals surface area contributed by atoms with Crippen LogP contribution in [0.25, 0.3) is 0 Å². The number of esters is 1. The molecular weight excluding hydrogens is 335 g/mol. The van der Waals surface area contributed by atoms with Crippen molar-refractivity contribution in [3.8, 4) is 0 Å². The second-order valence-corrected chi connectivity index (χ2v) is 5.70. The van der Waals surface area contributed by atoms with Crippen molar-refractivity contribution in [2.45, 2.75) is 19.8 Å². The highest BCUT2D eigenvalue weighted by Gasteiger charge is 2.06. The lowest BCUT2D eigenvalue weighted by molar-refractivity contribution is -0.120. The van der Waals surface area contributed by atoms with Gasteiger partial charge in [-0.25, -0.2) is 9.18 Å². The molecule has 0 radical (unpaired) electrons. The van der Waals surface area contributed by atoms with Crippen molar-refractivity contribution in [2.75, 3.05) is 25.0 Å². The Kier molecular flexibility index (Phi) is 7.61. The summed E-state index contributed by atoms with van der Waals surface area (Å²) in [5, 5.41) is 5.97. The number of anilines is 1. The van der Waals surface area contributed by atoms with Crippen molar-refractivity contribution >= 4 is 17.6 Å².